The van der Waals surface area contributed by atoms with Crippen LogP contribution in [0.1, 0.15) is 13.8 Å². The van der Waals surface area contributed by atoms with Crippen molar-refractivity contribution in [3.05, 3.63) is 0 Å². The molecule has 92 valence electrons. The summed E-state index contributed by atoms with van der Waals surface area (Å²) in [6, 6.07) is -0.791. The lowest BCUT2D eigenvalue weighted by Crippen LogP contribution is -2.43. The van der Waals surface area contributed by atoms with Crippen molar-refractivity contribution >= 4 is 17.9 Å². The van der Waals surface area contributed by atoms with E-state index in [-0.39, 0.29) is 18.5 Å². The van der Waals surface area contributed by atoms with Crippen LogP contribution in [0, 0.1) is 0 Å². The zero-order chi connectivity index (χ0) is 12.6. The highest BCUT2D eigenvalue weighted by atomic mass is 16.7. The number of urea groups is 1. The molecule has 0 bridgehead atoms. The molecule has 4 N–H and O–H groups in total. The third-order valence-corrected chi connectivity index (χ3v) is 1.22. The second-order valence-corrected chi connectivity index (χ2v) is 3.19. The predicted molar refractivity (Wildman–Crippen MR) is 53.4 cm³/mol. The lowest BCUT2D eigenvalue weighted by atomic mass is 10.4. The van der Waals surface area contributed by atoms with Gasteiger partial charge < -0.3 is 15.7 Å². The molecule has 0 atom stereocenters. The number of carboxylic acid groups (broad SMARTS) is 1. The smallest absolute Gasteiger partial charge is 0.339 e. The maximum atomic E-state index is 11.1. The van der Waals surface area contributed by atoms with Crippen molar-refractivity contribution in [2.75, 3.05) is 13.2 Å². The molecule has 3 amide bonds. The van der Waals surface area contributed by atoms with E-state index in [2.05, 4.69) is 15.5 Å². The molecular weight excluding hydrogens is 218 g/mol. The minimum atomic E-state index is -1.21. The van der Waals surface area contributed by atoms with Gasteiger partial charge in [0.15, 0.2) is 6.61 Å². The minimum absolute atomic E-state index is 0.0133. The van der Waals surface area contributed by atoms with Gasteiger partial charge in [-0.1, -0.05) is 0 Å². The van der Waals surface area contributed by atoms with Crippen LogP contribution in [-0.2, 0) is 14.4 Å². The van der Waals surface area contributed by atoms with Crippen LogP contribution in [0.3, 0.4) is 0 Å². The van der Waals surface area contributed by atoms with Crippen molar-refractivity contribution in [2.24, 2.45) is 0 Å². The van der Waals surface area contributed by atoms with Crippen LogP contribution in [0.25, 0.3) is 0 Å². The topological polar surface area (TPSA) is 117 Å². The Morgan fingerprint density at radius 2 is 1.94 bits per heavy atom. The quantitative estimate of drug-likeness (QED) is 0.431. The SMILES string of the molecule is CC(C)NC(=O)CNC(=O)NOCC(=O)O. The third kappa shape index (κ3) is 8.75. The summed E-state index contributed by atoms with van der Waals surface area (Å²) in [5.74, 6) is -1.55. The third-order valence-electron chi connectivity index (χ3n) is 1.22. The van der Waals surface area contributed by atoms with Gasteiger partial charge in [0.1, 0.15) is 0 Å². The number of hydroxylamine groups is 1. The average molecular weight is 233 g/mol. The molecule has 0 aromatic carbocycles. The van der Waals surface area contributed by atoms with E-state index in [1.807, 2.05) is 5.48 Å². The second-order valence-electron chi connectivity index (χ2n) is 3.19. The van der Waals surface area contributed by atoms with Gasteiger partial charge in [0, 0.05) is 6.04 Å². The molecule has 0 aliphatic rings. The Bertz CT molecular complexity index is 266. The highest BCUT2D eigenvalue weighted by Gasteiger charge is 2.06. The standard InChI is InChI=1S/C8H15N3O5/c1-5(2)10-6(12)3-9-8(15)11-16-4-7(13)14/h5H,3-4H2,1-2H3,(H,10,12)(H,13,14)(H2,9,11,15). The zero-order valence-corrected chi connectivity index (χ0v) is 9.07. The maximum absolute atomic E-state index is 11.1. The van der Waals surface area contributed by atoms with Crippen LogP contribution in [0.5, 0.6) is 0 Å². The number of nitrogens with one attached hydrogen (secondary N) is 3. The van der Waals surface area contributed by atoms with Crippen molar-refractivity contribution in [1.82, 2.24) is 16.1 Å². The lowest BCUT2D eigenvalue weighted by molar-refractivity contribution is -0.144. The molecule has 0 rings (SSSR count). The second kappa shape index (κ2) is 7.46. The Balaban J connectivity index is 3.57. The van der Waals surface area contributed by atoms with Crippen LogP contribution in [-0.4, -0.2) is 42.2 Å². The fourth-order valence-corrected chi connectivity index (χ4v) is 0.733. The first kappa shape index (κ1) is 14.2. The van der Waals surface area contributed by atoms with E-state index in [4.69, 9.17) is 5.11 Å². The summed E-state index contributed by atoms with van der Waals surface area (Å²) < 4.78 is 0. The normalized spacial score (nSPS) is 9.69. The molecule has 8 nitrogen and oxygen atoms in total. The van der Waals surface area contributed by atoms with Gasteiger partial charge in [0.05, 0.1) is 6.54 Å². The number of amides is 3. The number of hydrogen-bond donors (Lipinski definition) is 4. The maximum Gasteiger partial charge on any atom is 0.339 e. The van der Waals surface area contributed by atoms with Crippen LogP contribution < -0.4 is 16.1 Å². The van der Waals surface area contributed by atoms with Crippen molar-refractivity contribution in [2.45, 2.75) is 19.9 Å². The monoisotopic (exact) mass is 233 g/mol. The highest BCUT2D eigenvalue weighted by Crippen LogP contribution is 1.76. The summed E-state index contributed by atoms with van der Waals surface area (Å²) >= 11 is 0. The fourth-order valence-electron chi connectivity index (χ4n) is 0.733. The molecule has 0 saturated carbocycles. The van der Waals surface area contributed by atoms with Crippen molar-refractivity contribution in [3.63, 3.8) is 0 Å². The predicted octanol–water partition coefficient (Wildman–Crippen LogP) is -1.17. The first-order valence-corrected chi connectivity index (χ1v) is 4.58. The van der Waals surface area contributed by atoms with Crippen molar-refractivity contribution in [1.29, 1.82) is 0 Å². The molecule has 0 fully saturated rings. The van der Waals surface area contributed by atoms with Gasteiger partial charge in [-0.25, -0.2) is 15.1 Å². The fraction of sp³-hybridized carbons (Fsp3) is 0.625. The summed E-state index contributed by atoms with van der Waals surface area (Å²) in [4.78, 5) is 36.2. The van der Waals surface area contributed by atoms with Crippen LogP contribution >= 0.6 is 0 Å². The van der Waals surface area contributed by atoms with Crippen molar-refractivity contribution < 1.29 is 24.3 Å². The van der Waals surface area contributed by atoms with Gasteiger partial charge in [0.2, 0.25) is 5.91 Å². The first-order chi connectivity index (χ1) is 7.41. The van der Waals surface area contributed by atoms with E-state index in [9.17, 15) is 14.4 Å². The summed E-state index contributed by atoms with van der Waals surface area (Å²) in [5.41, 5.74) is 1.81. The Morgan fingerprint density at radius 3 is 2.44 bits per heavy atom. The van der Waals surface area contributed by atoms with E-state index in [1.165, 1.54) is 0 Å². The van der Waals surface area contributed by atoms with Gasteiger partial charge >= 0.3 is 12.0 Å². The molecular formula is C8H15N3O5. The Kier molecular flexibility index (Phi) is 6.61. The van der Waals surface area contributed by atoms with Crippen LogP contribution in [0.4, 0.5) is 4.79 Å². The largest absolute Gasteiger partial charge is 0.479 e. The number of rotatable bonds is 6. The van der Waals surface area contributed by atoms with E-state index in [1.54, 1.807) is 13.8 Å². The summed E-state index contributed by atoms with van der Waals surface area (Å²) in [6.45, 7) is 2.72. The van der Waals surface area contributed by atoms with Crippen LogP contribution in [0.2, 0.25) is 0 Å². The molecule has 0 unspecified atom stereocenters. The van der Waals surface area contributed by atoms with E-state index < -0.39 is 18.6 Å². The van der Waals surface area contributed by atoms with Gasteiger partial charge in [-0.05, 0) is 13.8 Å². The minimum Gasteiger partial charge on any atom is -0.479 e. The van der Waals surface area contributed by atoms with E-state index in [0.29, 0.717) is 0 Å². The Labute approximate surface area is 92.3 Å². The number of carboxylic acids is 1. The zero-order valence-electron chi connectivity index (χ0n) is 9.07. The van der Waals surface area contributed by atoms with Crippen LogP contribution in [0.15, 0.2) is 0 Å². The summed E-state index contributed by atoms with van der Waals surface area (Å²) in [6.07, 6.45) is 0. The van der Waals surface area contributed by atoms with Crippen molar-refractivity contribution in [3.8, 4) is 0 Å². The Morgan fingerprint density at radius 1 is 1.31 bits per heavy atom. The Hall–Kier alpha value is -1.83. The van der Waals surface area contributed by atoms with E-state index in [0.717, 1.165) is 0 Å². The summed E-state index contributed by atoms with van der Waals surface area (Å²) in [7, 11) is 0. The molecule has 0 aliphatic carbocycles. The van der Waals surface area contributed by atoms with Gasteiger partial charge in [-0.15, -0.1) is 0 Å². The number of aliphatic carboxylic acids is 1. The lowest BCUT2D eigenvalue weighted by Gasteiger charge is -2.09. The van der Waals surface area contributed by atoms with Gasteiger partial charge in [-0.3, -0.25) is 9.63 Å². The summed E-state index contributed by atoms with van der Waals surface area (Å²) in [5, 5.41) is 12.9. The molecule has 0 radical (unpaired) electrons. The molecule has 16 heavy (non-hydrogen) atoms. The van der Waals surface area contributed by atoms with Gasteiger partial charge in [0.25, 0.3) is 0 Å². The molecule has 0 aliphatic heterocycles. The highest BCUT2D eigenvalue weighted by molar-refractivity contribution is 5.83. The molecule has 0 spiro atoms. The number of carbonyl (C=O) groups excluding carboxylic acids is 2. The first-order valence-electron chi connectivity index (χ1n) is 4.58. The number of carbonyl (C=O) groups is 3. The van der Waals surface area contributed by atoms with Gasteiger partial charge in [-0.2, -0.15) is 0 Å². The molecule has 0 heterocycles. The molecule has 0 aromatic heterocycles. The van der Waals surface area contributed by atoms with E-state index >= 15 is 0 Å². The number of hydrogen-bond acceptors (Lipinski definition) is 4. The average Bonchev–Trinajstić information content (AvgIpc) is 2.13. The molecule has 0 aromatic rings. The molecule has 0 saturated heterocycles. The molecule has 8 heteroatoms.